The molecule has 3 N–H and O–H groups in total. The fourth-order valence-electron chi connectivity index (χ4n) is 4.95. The van der Waals surface area contributed by atoms with Crippen LogP contribution in [0.15, 0.2) is 65.9 Å². The van der Waals surface area contributed by atoms with Crippen LogP contribution in [0.1, 0.15) is 64.0 Å². The van der Waals surface area contributed by atoms with Gasteiger partial charge in [0.25, 0.3) is 0 Å². The molecule has 45 heavy (non-hydrogen) atoms. The molecule has 0 radical (unpaired) electrons. The number of allylic oxidation sites excluding steroid dienone is 2. The number of cyclic esters (lactones) is 1. The maximum absolute atomic E-state index is 14.1. The summed E-state index contributed by atoms with van der Waals surface area (Å²) in [5.41, 5.74) is 1.96. The molecule has 2 aromatic carbocycles. The van der Waals surface area contributed by atoms with Crippen molar-refractivity contribution >= 4 is 41.1 Å². The summed E-state index contributed by atoms with van der Waals surface area (Å²) in [6, 6.07) is 11.2. The predicted molar refractivity (Wildman–Crippen MR) is 172 cm³/mol. The number of carbonyl (C=O) groups excluding carboxylic acids is 4. The molecule has 0 spiro atoms. The van der Waals surface area contributed by atoms with Crippen LogP contribution in [0, 0.1) is 0 Å². The second-order valence-electron chi connectivity index (χ2n) is 11.2. The number of ether oxygens (including phenoxy) is 2. The van der Waals surface area contributed by atoms with E-state index < -0.39 is 36.0 Å². The number of phenolic OH excluding ortho intramolecular Hbond substituents is 1. The summed E-state index contributed by atoms with van der Waals surface area (Å²) in [4.78, 5) is 55.2. The third kappa shape index (κ3) is 10.1. The first-order valence-electron chi connectivity index (χ1n) is 15.0. The van der Waals surface area contributed by atoms with Gasteiger partial charge >= 0.3 is 5.97 Å². The molecule has 2 aromatic rings. The van der Waals surface area contributed by atoms with Crippen LogP contribution in [0.5, 0.6) is 5.75 Å². The lowest BCUT2D eigenvalue weighted by Gasteiger charge is -2.30. The number of esters is 1. The van der Waals surface area contributed by atoms with Gasteiger partial charge in [0.05, 0.1) is 18.2 Å². The summed E-state index contributed by atoms with van der Waals surface area (Å²) in [7, 11) is 2.84. The van der Waals surface area contributed by atoms with Crippen molar-refractivity contribution in [2.75, 3.05) is 14.2 Å². The van der Waals surface area contributed by atoms with E-state index in [1.54, 1.807) is 44.2 Å². The van der Waals surface area contributed by atoms with Crippen molar-refractivity contribution in [2.24, 2.45) is 0 Å². The molecule has 242 valence electrons. The van der Waals surface area contributed by atoms with E-state index in [1.807, 2.05) is 13.0 Å². The van der Waals surface area contributed by atoms with Gasteiger partial charge in [-0.25, -0.2) is 4.79 Å². The number of likely N-dealkylation sites (N-methyl/N-ethyl adjacent to an activating group) is 1. The smallest absolute Gasteiger partial charge is 0.359 e. The predicted octanol–water partition coefficient (Wildman–Crippen LogP) is 4.89. The molecule has 3 atom stereocenters. The Morgan fingerprint density at radius 1 is 1.09 bits per heavy atom. The Bertz CT molecular complexity index is 1440. The van der Waals surface area contributed by atoms with Crippen LogP contribution in [0.25, 0.3) is 5.76 Å². The quantitative estimate of drug-likeness (QED) is 0.188. The minimum Gasteiger partial charge on any atom is -0.506 e. The van der Waals surface area contributed by atoms with Crippen LogP contribution in [0.4, 0.5) is 0 Å². The summed E-state index contributed by atoms with van der Waals surface area (Å²) in [5, 5.41) is 15.4. The van der Waals surface area contributed by atoms with E-state index in [1.165, 1.54) is 31.2 Å². The zero-order valence-corrected chi connectivity index (χ0v) is 27.1. The van der Waals surface area contributed by atoms with E-state index in [2.05, 4.69) is 16.7 Å². The van der Waals surface area contributed by atoms with E-state index in [4.69, 9.17) is 21.1 Å². The van der Waals surface area contributed by atoms with Crippen molar-refractivity contribution < 1.29 is 33.8 Å². The highest BCUT2D eigenvalue weighted by Gasteiger charge is 2.33. The number of nitrogens with zero attached hydrogens (tertiary/aromatic N) is 1. The Labute approximate surface area is 269 Å². The summed E-state index contributed by atoms with van der Waals surface area (Å²) in [6.07, 6.45) is 4.29. The first-order chi connectivity index (χ1) is 21.4. The van der Waals surface area contributed by atoms with Crippen LogP contribution >= 0.6 is 11.6 Å². The lowest BCUT2D eigenvalue weighted by atomic mass is 10.0. The molecule has 0 saturated heterocycles. The molecule has 0 unspecified atom stereocenters. The molecule has 0 aromatic heterocycles. The summed E-state index contributed by atoms with van der Waals surface area (Å²) >= 11 is 6.14. The first kappa shape index (κ1) is 35.2. The number of benzene rings is 2. The molecule has 0 saturated carbocycles. The van der Waals surface area contributed by atoms with E-state index in [9.17, 15) is 24.3 Å². The Kier molecular flexibility index (Phi) is 13.0. The monoisotopic (exact) mass is 639 g/mol. The van der Waals surface area contributed by atoms with E-state index >= 15 is 0 Å². The molecule has 3 amide bonds. The number of carbonyl (C=O) groups is 4. The average Bonchev–Trinajstić information content (AvgIpc) is 3.01. The Morgan fingerprint density at radius 2 is 1.80 bits per heavy atom. The van der Waals surface area contributed by atoms with Gasteiger partial charge in [-0.05, 0) is 64.2 Å². The average molecular weight is 640 g/mol. The molecule has 0 aliphatic carbocycles. The fourth-order valence-corrected chi connectivity index (χ4v) is 5.15. The maximum atomic E-state index is 14.1. The van der Waals surface area contributed by atoms with Gasteiger partial charge in [-0.2, -0.15) is 0 Å². The third-order valence-corrected chi connectivity index (χ3v) is 7.88. The molecule has 11 heteroatoms. The number of rotatable bonds is 4. The van der Waals surface area contributed by atoms with E-state index in [-0.39, 0.29) is 41.0 Å². The molecule has 1 aliphatic rings. The van der Waals surface area contributed by atoms with Crippen LogP contribution < -0.4 is 10.6 Å². The van der Waals surface area contributed by atoms with Crippen molar-refractivity contribution in [3.05, 3.63) is 82.0 Å². The highest BCUT2D eigenvalue weighted by molar-refractivity contribution is 6.32. The summed E-state index contributed by atoms with van der Waals surface area (Å²) < 4.78 is 11.4. The minimum atomic E-state index is -1.17. The topological polar surface area (TPSA) is 134 Å². The molecule has 0 bridgehead atoms. The third-order valence-electron chi connectivity index (χ3n) is 7.58. The lowest BCUT2D eigenvalue weighted by molar-refractivity contribution is -0.146. The van der Waals surface area contributed by atoms with Crippen LogP contribution in [-0.2, 0) is 35.1 Å². The van der Waals surface area contributed by atoms with Gasteiger partial charge in [-0.1, -0.05) is 59.6 Å². The number of aromatic hydroxyl groups is 1. The van der Waals surface area contributed by atoms with Crippen molar-refractivity contribution in [2.45, 2.75) is 77.5 Å². The maximum Gasteiger partial charge on any atom is 0.359 e. The number of nitrogens with one attached hydrogen (secondary N) is 2. The highest BCUT2D eigenvalue weighted by Crippen LogP contribution is 2.26. The molecule has 1 heterocycles. The Balaban J connectivity index is 2.09. The molecule has 0 fully saturated rings. The number of hydrogen-bond acceptors (Lipinski definition) is 7. The lowest BCUT2D eigenvalue weighted by Crippen LogP contribution is -2.54. The van der Waals surface area contributed by atoms with Gasteiger partial charge < -0.3 is 30.1 Å². The fraction of sp³-hybridized carbons (Fsp3) is 0.412. The Hall–Kier alpha value is -4.31. The number of amides is 3. The molecular formula is C34H42ClN3O7. The largest absolute Gasteiger partial charge is 0.506 e. The van der Waals surface area contributed by atoms with Gasteiger partial charge in [0, 0.05) is 25.5 Å². The molecule has 1 aliphatic heterocycles. The second-order valence-corrected chi connectivity index (χ2v) is 11.6. The standard InChI is InChI=1S/C34H42ClN3O7/c1-21-11-9-10-14-29(40)36-23(3)33(42)38(4)27(20-24-17-18-28(39)26(35)19-24)32(41)37-30(34(43)45-22(2)16-15-21)31(44-5)25-12-7-6-8-13-25/h6-8,11-13,17-19,22-23,27,39H,9-10,14-16,20H2,1-5H3,(H,36,40)(H,37,41)/b21-11+,31-30-/t22-,23-,27+/m0/s1. The van der Waals surface area contributed by atoms with E-state index in [0.29, 0.717) is 36.8 Å². The van der Waals surface area contributed by atoms with Crippen LogP contribution in [0.3, 0.4) is 0 Å². The van der Waals surface area contributed by atoms with Crippen molar-refractivity contribution in [3.8, 4) is 5.75 Å². The van der Waals surface area contributed by atoms with Crippen LogP contribution in [0.2, 0.25) is 5.02 Å². The number of halogens is 1. The molecule has 10 nitrogen and oxygen atoms in total. The first-order valence-corrected chi connectivity index (χ1v) is 15.3. The van der Waals surface area contributed by atoms with Crippen molar-refractivity contribution in [1.82, 2.24) is 15.5 Å². The van der Waals surface area contributed by atoms with Gasteiger partial charge in [0.1, 0.15) is 17.8 Å². The summed E-state index contributed by atoms with van der Waals surface area (Å²) in [5.74, 6) is -2.33. The van der Waals surface area contributed by atoms with Gasteiger partial charge in [0.2, 0.25) is 17.7 Å². The van der Waals surface area contributed by atoms with E-state index in [0.717, 1.165) is 5.57 Å². The highest BCUT2D eigenvalue weighted by atomic mass is 35.5. The van der Waals surface area contributed by atoms with Crippen molar-refractivity contribution in [3.63, 3.8) is 0 Å². The number of phenols is 1. The Morgan fingerprint density at radius 3 is 2.47 bits per heavy atom. The number of hydrogen-bond donors (Lipinski definition) is 3. The van der Waals surface area contributed by atoms with Gasteiger partial charge in [-0.15, -0.1) is 0 Å². The normalized spacial score (nSPS) is 23.7. The minimum absolute atomic E-state index is 0.0218. The second kappa shape index (κ2) is 16.7. The summed E-state index contributed by atoms with van der Waals surface area (Å²) in [6.45, 7) is 5.31. The molecule has 3 rings (SSSR count). The molecular weight excluding hydrogens is 598 g/mol. The zero-order valence-electron chi connectivity index (χ0n) is 26.4. The van der Waals surface area contributed by atoms with Gasteiger partial charge in [-0.3, -0.25) is 14.4 Å². The zero-order chi connectivity index (χ0) is 33.1. The SMILES string of the molecule is CO/C(=C1\NC(=O)[C@@H](Cc2ccc(O)c(Cl)c2)N(C)C(=O)[C@H](C)NC(=O)CCC/C=C(\C)CC[C@H](C)OC1=O)c1ccccc1. The van der Waals surface area contributed by atoms with Gasteiger partial charge in [0.15, 0.2) is 11.5 Å². The van der Waals surface area contributed by atoms with Crippen molar-refractivity contribution in [1.29, 1.82) is 0 Å². The number of methoxy groups -OCH3 is 1. The van der Waals surface area contributed by atoms with Crippen LogP contribution in [-0.4, -0.2) is 66.0 Å².